The van der Waals surface area contributed by atoms with Crippen LogP contribution in [-0.2, 0) is 6.61 Å². The molecule has 2 aromatic carbocycles. The molecular formula is C19H13F4NO. The van der Waals surface area contributed by atoms with Gasteiger partial charge in [0.2, 0.25) is 17.4 Å². The highest BCUT2D eigenvalue weighted by molar-refractivity contribution is 5.68. The van der Waals surface area contributed by atoms with E-state index < -0.39 is 29.3 Å². The van der Waals surface area contributed by atoms with E-state index in [4.69, 9.17) is 4.74 Å². The fourth-order valence-corrected chi connectivity index (χ4v) is 2.51. The van der Waals surface area contributed by atoms with Crippen LogP contribution in [0.4, 0.5) is 17.6 Å². The van der Waals surface area contributed by atoms with Crippen molar-refractivity contribution in [2.24, 2.45) is 0 Å². The molecule has 3 rings (SSSR count). The molecule has 0 saturated carbocycles. The van der Waals surface area contributed by atoms with Crippen LogP contribution < -0.4 is 4.74 Å². The number of rotatable bonds is 4. The van der Waals surface area contributed by atoms with Crippen LogP contribution in [0.3, 0.4) is 0 Å². The Bertz CT molecular complexity index is 887. The molecule has 2 nitrogen and oxygen atoms in total. The van der Waals surface area contributed by atoms with E-state index in [1.807, 2.05) is 43.3 Å². The van der Waals surface area contributed by atoms with Gasteiger partial charge in [-0.3, -0.25) is 0 Å². The molecular weight excluding hydrogens is 334 g/mol. The lowest BCUT2D eigenvalue weighted by Crippen LogP contribution is -2.07. The molecule has 0 fully saturated rings. The van der Waals surface area contributed by atoms with E-state index in [1.54, 1.807) is 12.1 Å². The first-order valence-corrected chi connectivity index (χ1v) is 7.45. The van der Waals surface area contributed by atoms with Crippen LogP contribution in [0.1, 0.15) is 11.1 Å². The molecule has 0 unspecified atom stereocenters. The summed E-state index contributed by atoms with van der Waals surface area (Å²) < 4.78 is 58.5. The number of nitrogens with zero attached hydrogens (tertiary/aromatic N) is 1. The first-order chi connectivity index (χ1) is 12.0. The monoisotopic (exact) mass is 347 g/mol. The summed E-state index contributed by atoms with van der Waals surface area (Å²) in [6.45, 7) is 1.59. The molecule has 0 spiro atoms. The van der Waals surface area contributed by atoms with Gasteiger partial charge in [0.05, 0.1) is 0 Å². The summed E-state index contributed by atoms with van der Waals surface area (Å²) in [6, 6.07) is 14.9. The molecule has 6 heteroatoms. The Morgan fingerprint density at radius 3 is 2.12 bits per heavy atom. The van der Waals surface area contributed by atoms with Crippen LogP contribution in [0.5, 0.6) is 5.75 Å². The van der Waals surface area contributed by atoms with Crippen molar-refractivity contribution in [2.75, 3.05) is 0 Å². The molecule has 0 aliphatic carbocycles. The molecule has 0 amide bonds. The van der Waals surface area contributed by atoms with Crippen LogP contribution >= 0.6 is 0 Å². The zero-order valence-corrected chi connectivity index (χ0v) is 13.2. The Morgan fingerprint density at radius 1 is 0.840 bits per heavy atom. The van der Waals surface area contributed by atoms with Gasteiger partial charge in [0, 0.05) is 0 Å². The quantitative estimate of drug-likeness (QED) is 0.478. The first-order valence-electron chi connectivity index (χ1n) is 7.45. The summed E-state index contributed by atoms with van der Waals surface area (Å²) in [5.41, 5.74) is 3.37. The molecule has 25 heavy (non-hydrogen) atoms. The average Bonchev–Trinajstić information content (AvgIpc) is 2.62. The van der Waals surface area contributed by atoms with Crippen molar-refractivity contribution in [1.82, 2.24) is 4.98 Å². The van der Waals surface area contributed by atoms with Crippen LogP contribution in [-0.4, -0.2) is 4.98 Å². The van der Waals surface area contributed by atoms with E-state index >= 15 is 0 Å². The molecule has 128 valence electrons. The highest BCUT2D eigenvalue weighted by Gasteiger charge is 2.22. The predicted molar refractivity (Wildman–Crippen MR) is 85.0 cm³/mol. The van der Waals surface area contributed by atoms with Gasteiger partial charge in [-0.1, -0.05) is 48.5 Å². The Hall–Kier alpha value is -2.89. The number of benzene rings is 2. The third-order valence-corrected chi connectivity index (χ3v) is 3.86. The Labute approximate surface area is 141 Å². The van der Waals surface area contributed by atoms with Crippen LogP contribution in [0.25, 0.3) is 11.1 Å². The lowest BCUT2D eigenvalue weighted by Gasteiger charge is -2.13. The van der Waals surface area contributed by atoms with Crippen molar-refractivity contribution >= 4 is 0 Å². The second-order valence-corrected chi connectivity index (χ2v) is 5.39. The summed E-state index contributed by atoms with van der Waals surface area (Å²) in [6.07, 6.45) is 0. The minimum absolute atomic E-state index is 0.247. The molecule has 1 heterocycles. The smallest absolute Gasteiger partial charge is 0.255 e. The highest BCUT2D eigenvalue weighted by Crippen LogP contribution is 2.28. The number of hydrogen-bond donors (Lipinski definition) is 0. The van der Waals surface area contributed by atoms with Crippen molar-refractivity contribution in [1.29, 1.82) is 0 Å². The van der Waals surface area contributed by atoms with Crippen molar-refractivity contribution in [3.8, 4) is 16.9 Å². The maximum absolute atomic E-state index is 13.6. The number of halogens is 4. The fraction of sp³-hybridized carbons (Fsp3) is 0.105. The molecule has 0 N–H and O–H groups in total. The van der Waals surface area contributed by atoms with E-state index in [2.05, 4.69) is 4.98 Å². The minimum Gasteiger partial charge on any atom is -0.483 e. The van der Waals surface area contributed by atoms with Crippen molar-refractivity contribution in [2.45, 2.75) is 13.5 Å². The van der Waals surface area contributed by atoms with Crippen molar-refractivity contribution in [3.63, 3.8) is 0 Å². The van der Waals surface area contributed by atoms with E-state index in [0.717, 1.165) is 16.7 Å². The lowest BCUT2D eigenvalue weighted by molar-refractivity contribution is 0.254. The summed E-state index contributed by atoms with van der Waals surface area (Å²) in [5, 5.41) is 0. The molecule has 0 aliphatic rings. The van der Waals surface area contributed by atoms with Gasteiger partial charge < -0.3 is 4.74 Å². The number of aromatic nitrogens is 1. The van der Waals surface area contributed by atoms with Gasteiger partial charge in [0.15, 0.2) is 0 Å². The van der Waals surface area contributed by atoms with Gasteiger partial charge in [-0.25, -0.2) is 0 Å². The lowest BCUT2D eigenvalue weighted by atomic mass is 9.97. The second-order valence-electron chi connectivity index (χ2n) is 5.39. The number of hydrogen-bond acceptors (Lipinski definition) is 2. The van der Waals surface area contributed by atoms with Gasteiger partial charge in [0.1, 0.15) is 6.61 Å². The van der Waals surface area contributed by atoms with E-state index in [9.17, 15) is 17.6 Å². The highest BCUT2D eigenvalue weighted by atomic mass is 19.2. The van der Waals surface area contributed by atoms with Gasteiger partial charge in [-0.15, -0.1) is 0 Å². The standard InChI is InChI=1S/C19H13F4NO/c1-11-13(8-5-9-14(11)12-6-3-2-4-7-12)10-25-17-15(20)18(22)24-19(23)16(17)21/h2-9H,10H2,1H3. The minimum atomic E-state index is -1.75. The summed E-state index contributed by atoms with van der Waals surface area (Å²) >= 11 is 0. The largest absolute Gasteiger partial charge is 0.483 e. The van der Waals surface area contributed by atoms with E-state index in [-0.39, 0.29) is 6.61 Å². The van der Waals surface area contributed by atoms with Gasteiger partial charge in [0.25, 0.3) is 11.9 Å². The van der Waals surface area contributed by atoms with Crippen LogP contribution in [0, 0.1) is 30.5 Å². The molecule has 0 aliphatic heterocycles. The zero-order chi connectivity index (χ0) is 18.0. The average molecular weight is 347 g/mol. The topological polar surface area (TPSA) is 22.1 Å². The third-order valence-electron chi connectivity index (χ3n) is 3.86. The molecule has 3 aromatic rings. The molecule has 0 radical (unpaired) electrons. The maximum Gasteiger partial charge on any atom is 0.255 e. The predicted octanol–water partition coefficient (Wildman–Crippen LogP) is 5.19. The Balaban J connectivity index is 1.91. The second kappa shape index (κ2) is 6.93. The third kappa shape index (κ3) is 3.33. The van der Waals surface area contributed by atoms with Crippen molar-refractivity contribution < 1.29 is 22.3 Å². The fourth-order valence-electron chi connectivity index (χ4n) is 2.51. The van der Waals surface area contributed by atoms with Gasteiger partial charge in [-0.05, 0) is 29.2 Å². The zero-order valence-electron chi connectivity index (χ0n) is 13.2. The molecule has 0 bridgehead atoms. The number of pyridine rings is 1. The molecule has 1 aromatic heterocycles. The normalized spacial score (nSPS) is 10.8. The van der Waals surface area contributed by atoms with Gasteiger partial charge in [-0.2, -0.15) is 22.5 Å². The maximum atomic E-state index is 13.6. The Kier molecular flexibility index (Phi) is 4.70. The molecule has 0 atom stereocenters. The first kappa shape index (κ1) is 17.0. The summed E-state index contributed by atoms with van der Waals surface area (Å²) in [4.78, 5) is 2.50. The SMILES string of the molecule is Cc1c(COc2c(F)c(F)nc(F)c2F)cccc1-c1ccccc1. The summed E-state index contributed by atoms with van der Waals surface area (Å²) in [5.74, 6) is -7.92. The van der Waals surface area contributed by atoms with Crippen molar-refractivity contribution in [3.05, 3.63) is 83.2 Å². The van der Waals surface area contributed by atoms with Crippen LogP contribution in [0.2, 0.25) is 0 Å². The van der Waals surface area contributed by atoms with Crippen LogP contribution in [0.15, 0.2) is 48.5 Å². The number of ether oxygens (including phenoxy) is 1. The van der Waals surface area contributed by atoms with E-state index in [0.29, 0.717) is 5.56 Å². The summed E-state index contributed by atoms with van der Waals surface area (Å²) in [7, 11) is 0. The molecule has 0 saturated heterocycles. The van der Waals surface area contributed by atoms with E-state index in [1.165, 1.54) is 0 Å². The Morgan fingerprint density at radius 2 is 1.48 bits per heavy atom. The van der Waals surface area contributed by atoms with Gasteiger partial charge >= 0.3 is 0 Å².